The zero-order chi connectivity index (χ0) is 12.3. The van der Waals surface area contributed by atoms with E-state index in [1.54, 1.807) is 12.1 Å². The van der Waals surface area contributed by atoms with Crippen LogP contribution in [0.2, 0.25) is 0 Å². The normalized spacial score (nSPS) is 17.4. The lowest BCUT2D eigenvalue weighted by atomic mass is 10.1. The van der Waals surface area contributed by atoms with Crippen LogP contribution in [0.5, 0.6) is 5.75 Å². The number of piperazine rings is 1. The number of rotatable bonds is 2. The number of aromatic hydroxyl groups is 1. The minimum atomic E-state index is -0.400. The van der Waals surface area contributed by atoms with Gasteiger partial charge in [-0.3, -0.25) is 9.59 Å². The van der Waals surface area contributed by atoms with Crippen molar-refractivity contribution in [3.63, 3.8) is 0 Å². The van der Waals surface area contributed by atoms with Crippen LogP contribution in [0.15, 0.2) is 36.0 Å². The van der Waals surface area contributed by atoms with Crippen LogP contribution >= 0.6 is 0 Å². The predicted octanol–water partition coefficient (Wildman–Crippen LogP) is 0.178. The molecular formula is C12H12N2O3. The molecule has 1 amide bonds. The molecule has 0 saturated carbocycles. The van der Waals surface area contributed by atoms with E-state index in [4.69, 9.17) is 0 Å². The molecule has 0 unspecified atom stereocenters. The summed E-state index contributed by atoms with van der Waals surface area (Å²) in [6.45, 7) is 1.13. The molecule has 0 atom stereocenters. The van der Waals surface area contributed by atoms with E-state index < -0.39 is 5.78 Å². The van der Waals surface area contributed by atoms with Gasteiger partial charge in [0.05, 0.1) is 5.56 Å². The van der Waals surface area contributed by atoms with Gasteiger partial charge in [0.2, 0.25) is 0 Å². The number of benzene rings is 1. The second-order valence-corrected chi connectivity index (χ2v) is 3.62. The first kappa shape index (κ1) is 11.2. The molecule has 17 heavy (non-hydrogen) atoms. The molecule has 1 aliphatic rings. The standard InChI is InChI=1S/C12H12N2O3/c15-10-4-2-1-3-8(10)11(16)7-9-12(17)14-6-5-13-9/h1-4,7,13,15H,5-6H2,(H,14,17). The number of carbonyl (C=O) groups is 2. The van der Waals surface area contributed by atoms with Crippen LogP contribution in [0.25, 0.3) is 0 Å². The first-order valence-corrected chi connectivity index (χ1v) is 5.24. The fraction of sp³-hybridized carbons (Fsp3) is 0.167. The van der Waals surface area contributed by atoms with Crippen molar-refractivity contribution in [2.75, 3.05) is 13.1 Å². The third-order valence-electron chi connectivity index (χ3n) is 2.42. The van der Waals surface area contributed by atoms with Gasteiger partial charge in [0, 0.05) is 19.2 Å². The number of phenolic OH excluding ortho intramolecular Hbond substituents is 1. The van der Waals surface area contributed by atoms with Crippen molar-refractivity contribution in [3.05, 3.63) is 41.6 Å². The van der Waals surface area contributed by atoms with Gasteiger partial charge in [-0.15, -0.1) is 0 Å². The Balaban J connectivity index is 2.24. The topological polar surface area (TPSA) is 78.4 Å². The van der Waals surface area contributed by atoms with Gasteiger partial charge in [0.15, 0.2) is 5.78 Å². The molecule has 1 fully saturated rings. The number of phenols is 1. The van der Waals surface area contributed by atoms with Gasteiger partial charge in [-0.25, -0.2) is 0 Å². The molecule has 0 bridgehead atoms. The molecule has 5 heteroatoms. The average molecular weight is 232 g/mol. The predicted molar refractivity (Wildman–Crippen MR) is 61.5 cm³/mol. The maximum Gasteiger partial charge on any atom is 0.267 e. The monoisotopic (exact) mass is 232 g/mol. The van der Waals surface area contributed by atoms with Crippen molar-refractivity contribution in [1.82, 2.24) is 10.6 Å². The largest absolute Gasteiger partial charge is 0.507 e. The summed E-state index contributed by atoms with van der Waals surface area (Å²) in [6.07, 6.45) is 1.20. The summed E-state index contributed by atoms with van der Waals surface area (Å²) < 4.78 is 0. The van der Waals surface area contributed by atoms with Gasteiger partial charge in [-0.2, -0.15) is 0 Å². The first-order chi connectivity index (χ1) is 8.18. The van der Waals surface area contributed by atoms with Gasteiger partial charge in [0.25, 0.3) is 5.91 Å². The van der Waals surface area contributed by atoms with Gasteiger partial charge in [0.1, 0.15) is 11.4 Å². The van der Waals surface area contributed by atoms with E-state index in [0.717, 1.165) is 0 Å². The summed E-state index contributed by atoms with van der Waals surface area (Å²) >= 11 is 0. The molecule has 1 heterocycles. The van der Waals surface area contributed by atoms with Crippen LogP contribution in [-0.4, -0.2) is 29.9 Å². The van der Waals surface area contributed by atoms with Crippen LogP contribution < -0.4 is 10.6 Å². The Morgan fingerprint density at radius 1 is 1.24 bits per heavy atom. The van der Waals surface area contributed by atoms with E-state index >= 15 is 0 Å². The Morgan fingerprint density at radius 3 is 2.65 bits per heavy atom. The van der Waals surface area contributed by atoms with Crippen molar-refractivity contribution >= 4 is 11.7 Å². The lowest BCUT2D eigenvalue weighted by Gasteiger charge is -2.16. The Bertz CT molecular complexity index is 494. The molecule has 1 aromatic rings. The zero-order valence-electron chi connectivity index (χ0n) is 9.06. The second-order valence-electron chi connectivity index (χ2n) is 3.62. The van der Waals surface area contributed by atoms with Gasteiger partial charge in [-0.05, 0) is 12.1 Å². The van der Waals surface area contributed by atoms with Crippen LogP contribution in [0.4, 0.5) is 0 Å². The van der Waals surface area contributed by atoms with Gasteiger partial charge in [-0.1, -0.05) is 12.1 Å². The Morgan fingerprint density at radius 2 is 1.94 bits per heavy atom. The molecule has 3 N–H and O–H groups in total. The molecule has 0 aliphatic carbocycles. The maximum absolute atomic E-state index is 11.8. The second kappa shape index (κ2) is 4.69. The van der Waals surface area contributed by atoms with Crippen molar-refractivity contribution in [2.24, 2.45) is 0 Å². The summed E-state index contributed by atoms with van der Waals surface area (Å²) in [4.78, 5) is 23.2. The number of hydrogen-bond donors (Lipinski definition) is 3. The summed E-state index contributed by atoms with van der Waals surface area (Å²) in [5.74, 6) is -0.798. The number of nitrogens with one attached hydrogen (secondary N) is 2. The highest BCUT2D eigenvalue weighted by Gasteiger charge is 2.16. The Labute approximate surface area is 98.1 Å². The highest BCUT2D eigenvalue weighted by Crippen LogP contribution is 2.17. The van der Waals surface area contributed by atoms with E-state index in [1.807, 2.05) is 0 Å². The number of carbonyl (C=O) groups excluding carboxylic acids is 2. The van der Waals surface area contributed by atoms with Crippen LogP contribution in [-0.2, 0) is 4.79 Å². The molecule has 2 rings (SSSR count). The molecule has 1 aromatic carbocycles. The molecule has 5 nitrogen and oxygen atoms in total. The Kier molecular flexibility index (Phi) is 3.09. The van der Waals surface area contributed by atoms with E-state index in [1.165, 1.54) is 18.2 Å². The van der Waals surface area contributed by atoms with E-state index in [9.17, 15) is 14.7 Å². The lowest BCUT2D eigenvalue weighted by molar-refractivity contribution is -0.118. The molecule has 1 aliphatic heterocycles. The number of ketones is 1. The van der Waals surface area contributed by atoms with Crippen LogP contribution in [0, 0.1) is 0 Å². The molecule has 0 aromatic heterocycles. The summed E-state index contributed by atoms with van der Waals surface area (Å²) in [5.41, 5.74) is 0.407. The highest BCUT2D eigenvalue weighted by atomic mass is 16.3. The molecule has 0 spiro atoms. The smallest absolute Gasteiger partial charge is 0.267 e. The fourth-order valence-corrected chi connectivity index (χ4v) is 1.56. The first-order valence-electron chi connectivity index (χ1n) is 5.24. The minimum absolute atomic E-state index is 0.0921. The zero-order valence-corrected chi connectivity index (χ0v) is 9.06. The third-order valence-corrected chi connectivity index (χ3v) is 2.42. The van der Waals surface area contributed by atoms with Crippen molar-refractivity contribution in [1.29, 1.82) is 0 Å². The quantitative estimate of drug-likeness (QED) is 0.502. The molecule has 1 saturated heterocycles. The average Bonchev–Trinajstić information content (AvgIpc) is 2.32. The summed E-state index contributed by atoms with van der Waals surface area (Å²) in [7, 11) is 0. The van der Waals surface area contributed by atoms with E-state index in [2.05, 4.69) is 10.6 Å². The molecular weight excluding hydrogens is 220 g/mol. The van der Waals surface area contributed by atoms with E-state index in [0.29, 0.717) is 13.1 Å². The maximum atomic E-state index is 11.8. The lowest BCUT2D eigenvalue weighted by Crippen LogP contribution is -2.43. The van der Waals surface area contributed by atoms with Crippen LogP contribution in [0.1, 0.15) is 10.4 Å². The number of hydrogen-bond acceptors (Lipinski definition) is 4. The summed E-state index contributed by atoms with van der Waals surface area (Å²) in [5, 5.41) is 15.0. The molecule has 88 valence electrons. The van der Waals surface area contributed by atoms with E-state index in [-0.39, 0.29) is 22.9 Å². The number of allylic oxidation sites excluding steroid dienone is 1. The van der Waals surface area contributed by atoms with Gasteiger partial charge < -0.3 is 15.7 Å². The SMILES string of the molecule is O=C1NCCNC1=CC(=O)c1ccccc1O. The third kappa shape index (κ3) is 2.44. The highest BCUT2D eigenvalue weighted by molar-refractivity contribution is 6.10. The molecule has 0 radical (unpaired) electrons. The van der Waals surface area contributed by atoms with Crippen LogP contribution in [0.3, 0.4) is 0 Å². The fourth-order valence-electron chi connectivity index (χ4n) is 1.56. The van der Waals surface area contributed by atoms with Crippen molar-refractivity contribution < 1.29 is 14.7 Å². The summed E-state index contributed by atoms with van der Waals surface area (Å²) in [6, 6.07) is 6.22. The Hall–Kier alpha value is -2.30. The van der Waals surface area contributed by atoms with Crippen molar-refractivity contribution in [3.8, 4) is 5.75 Å². The number of para-hydroxylation sites is 1. The minimum Gasteiger partial charge on any atom is -0.507 e. The van der Waals surface area contributed by atoms with Crippen molar-refractivity contribution in [2.45, 2.75) is 0 Å². The van der Waals surface area contributed by atoms with Gasteiger partial charge >= 0.3 is 0 Å². The number of amides is 1.